The van der Waals surface area contributed by atoms with Crippen LogP contribution in [0.15, 0.2) is 67.4 Å². The van der Waals surface area contributed by atoms with Crippen LogP contribution in [-0.4, -0.2) is 85.5 Å². The molecular formula is C54H73F4N9O5. The van der Waals surface area contributed by atoms with Gasteiger partial charge in [0.15, 0.2) is 23.0 Å². The molecule has 1 aliphatic heterocycles. The van der Waals surface area contributed by atoms with Crippen LogP contribution < -0.4 is 26.4 Å². The molecule has 0 saturated carbocycles. The highest BCUT2D eigenvalue weighted by molar-refractivity contribution is 5.83. The number of esters is 1. The van der Waals surface area contributed by atoms with Crippen molar-refractivity contribution in [3.05, 3.63) is 90.1 Å². The lowest BCUT2D eigenvalue weighted by atomic mass is 9.84. The molecule has 0 radical (unpaired) electrons. The number of carbonyl (C=O) groups is 2. The number of amides is 1. The van der Waals surface area contributed by atoms with Gasteiger partial charge in [0.2, 0.25) is 0 Å². The average Bonchev–Trinajstić information content (AvgIpc) is 3.78. The molecule has 18 heteroatoms. The molecule has 392 valence electrons. The molecule has 5 aromatic rings. The third-order valence-electron chi connectivity index (χ3n) is 13.6. The number of halogens is 4. The molecule has 72 heavy (non-hydrogen) atoms. The van der Waals surface area contributed by atoms with Crippen LogP contribution in [0.3, 0.4) is 0 Å². The predicted molar refractivity (Wildman–Crippen MR) is 272 cm³/mol. The normalized spacial score (nSPS) is 15.8. The Morgan fingerprint density at radius 3 is 2.11 bits per heavy atom. The van der Waals surface area contributed by atoms with Crippen LogP contribution in [0.25, 0.3) is 22.4 Å². The van der Waals surface area contributed by atoms with Crippen molar-refractivity contribution in [2.45, 2.75) is 172 Å². The molecule has 1 aliphatic rings. The van der Waals surface area contributed by atoms with E-state index in [4.69, 9.17) is 20.9 Å². The van der Waals surface area contributed by atoms with Gasteiger partial charge in [-0.1, -0.05) is 146 Å². The summed E-state index contributed by atoms with van der Waals surface area (Å²) >= 11 is 0. The van der Waals surface area contributed by atoms with E-state index in [1.165, 1.54) is 115 Å². The lowest BCUT2D eigenvalue weighted by molar-refractivity contribution is -0.146. The molecule has 0 spiro atoms. The van der Waals surface area contributed by atoms with E-state index in [0.717, 1.165) is 30.9 Å². The number of fused-ring (bicyclic) bond motifs is 1. The number of hydrogen-bond acceptors (Lipinski definition) is 12. The number of alkyl halides is 2. The summed E-state index contributed by atoms with van der Waals surface area (Å²) in [5, 5.41) is 12.9. The largest absolute Gasteiger partial charge is 0.464 e. The second-order valence-electron chi connectivity index (χ2n) is 19.3. The van der Waals surface area contributed by atoms with Gasteiger partial charge in [-0.3, -0.25) is 4.98 Å². The number of ether oxygens (including phenoxy) is 2. The third-order valence-corrected chi connectivity index (χ3v) is 13.6. The minimum atomic E-state index is -3.07. The number of nitrogens with zero attached hydrogens (tertiary/aromatic N) is 6. The molecule has 6 rings (SSSR count). The summed E-state index contributed by atoms with van der Waals surface area (Å²) in [5.74, 6) is -3.35. The monoisotopic (exact) mass is 1000 g/mol. The zero-order valence-corrected chi connectivity index (χ0v) is 41.7. The van der Waals surface area contributed by atoms with Crippen LogP contribution in [0.4, 0.5) is 33.9 Å². The van der Waals surface area contributed by atoms with E-state index in [0.29, 0.717) is 47.9 Å². The summed E-state index contributed by atoms with van der Waals surface area (Å²) in [6.45, 7) is 2.70. The van der Waals surface area contributed by atoms with E-state index < -0.39 is 53.6 Å². The van der Waals surface area contributed by atoms with Crippen molar-refractivity contribution in [2.24, 2.45) is 5.73 Å². The molecule has 14 nitrogen and oxygen atoms in total. The second-order valence-corrected chi connectivity index (χ2v) is 19.3. The van der Waals surface area contributed by atoms with Crippen molar-refractivity contribution in [1.29, 1.82) is 0 Å². The topological polar surface area (TPSA) is 197 Å². The van der Waals surface area contributed by atoms with Crippen LogP contribution in [0.1, 0.15) is 146 Å². The quantitative estimate of drug-likeness (QED) is 0.0193. The number of aromatic nitrogens is 5. The Hall–Kier alpha value is -5.88. The van der Waals surface area contributed by atoms with Gasteiger partial charge in [-0.15, -0.1) is 0 Å². The summed E-state index contributed by atoms with van der Waals surface area (Å²) in [4.78, 5) is 45.4. The zero-order chi connectivity index (χ0) is 51.3. The Labute approximate surface area is 420 Å². The van der Waals surface area contributed by atoms with E-state index in [-0.39, 0.29) is 49.6 Å². The molecule has 0 aliphatic carbocycles. The van der Waals surface area contributed by atoms with E-state index in [9.17, 15) is 23.5 Å². The number of benzene rings is 2. The van der Waals surface area contributed by atoms with Gasteiger partial charge in [0.05, 0.1) is 42.6 Å². The lowest BCUT2D eigenvalue weighted by Gasteiger charge is -2.44. The standard InChI is InChI=1S/C54H73F4N9O5/c1-2-3-4-5-6-7-8-9-10-11-12-13-14-15-16-17-18-22-28-71-52(69)44(29-38-24-20-19-21-25-38)65-53(70)72-46-32-41(55)40(31-42(46)56)43-30-39(34-67-37-64-47-50(59)62-36-63-51(47)67)45(33-61-43)66-27-23-26-54(60,35-66)48(68)49(57)58/h19-21,24-25,30-33,36-37,44,48-49,68H,2-18,22-23,26-29,34-35,60H2,1H3,(H,65,70)(H2,59,62,63)/t44-,48+,54-/m0/s1. The Kier molecular flexibility index (Phi) is 21.9. The molecular weight excluding hydrogens is 931 g/mol. The van der Waals surface area contributed by atoms with Crippen LogP contribution in [0.5, 0.6) is 5.75 Å². The highest BCUT2D eigenvalue weighted by atomic mass is 19.3. The van der Waals surface area contributed by atoms with E-state index in [2.05, 4.69) is 32.2 Å². The molecule has 0 unspecified atom stereocenters. The molecule has 1 fully saturated rings. The van der Waals surface area contributed by atoms with Crippen molar-refractivity contribution in [3.63, 3.8) is 0 Å². The number of nitrogens with one attached hydrogen (secondary N) is 1. The SMILES string of the molecule is CCCCCCCCCCCCCCCCCCCCOC(=O)[C@H](Cc1ccccc1)NC(=O)Oc1cc(F)c(-c2cc(Cn3cnc4c(N)ncnc43)c(N3CCC[C@@](N)([C@H](O)C(F)F)C3)cn2)cc1F. The van der Waals surface area contributed by atoms with Gasteiger partial charge in [0.25, 0.3) is 6.43 Å². The molecule has 6 N–H and O–H groups in total. The van der Waals surface area contributed by atoms with Gasteiger partial charge in [0, 0.05) is 31.1 Å². The number of aliphatic hydroxyl groups excluding tert-OH is 1. The number of pyridine rings is 1. The number of hydrogen-bond donors (Lipinski definition) is 4. The number of nitrogen functional groups attached to an aromatic ring is 1. The van der Waals surface area contributed by atoms with Crippen molar-refractivity contribution >= 4 is 34.7 Å². The van der Waals surface area contributed by atoms with Gasteiger partial charge < -0.3 is 40.8 Å². The summed E-state index contributed by atoms with van der Waals surface area (Å²) in [6, 6.07) is 10.9. The minimum Gasteiger partial charge on any atom is -0.464 e. The number of piperidine rings is 1. The second kappa shape index (κ2) is 28.4. The van der Waals surface area contributed by atoms with E-state index >= 15 is 8.78 Å². The number of unbranched alkanes of at least 4 members (excludes halogenated alkanes) is 17. The summed E-state index contributed by atoms with van der Waals surface area (Å²) in [6.07, 6.45) is 20.7. The number of rotatable bonds is 30. The van der Waals surface area contributed by atoms with E-state index in [1.807, 2.05) is 6.07 Å². The smallest absolute Gasteiger partial charge is 0.413 e. The van der Waals surface area contributed by atoms with Crippen molar-refractivity contribution in [2.75, 3.05) is 30.3 Å². The third kappa shape index (κ3) is 16.3. The maximum Gasteiger partial charge on any atom is 0.413 e. The Balaban J connectivity index is 1.03. The first-order valence-corrected chi connectivity index (χ1v) is 26.0. The molecule has 0 bridgehead atoms. The number of carbonyl (C=O) groups excluding carboxylic acids is 2. The molecule has 1 saturated heterocycles. The van der Waals surface area contributed by atoms with Crippen LogP contribution in [0, 0.1) is 11.6 Å². The van der Waals surface area contributed by atoms with Crippen LogP contribution >= 0.6 is 0 Å². The highest BCUT2D eigenvalue weighted by Gasteiger charge is 2.43. The van der Waals surface area contributed by atoms with Crippen molar-refractivity contribution in [3.8, 4) is 17.0 Å². The Morgan fingerprint density at radius 2 is 1.47 bits per heavy atom. The van der Waals surface area contributed by atoms with Gasteiger partial charge in [0.1, 0.15) is 29.8 Å². The number of aliphatic hydroxyl groups is 1. The molecule has 2 aromatic carbocycles. The van der Waals surface area contributed by atoms with Crippen molar-refractivity contribution in [1.82, 2.24) is 29.8 Å². The molecule has 1 amide bonds. The number of anilines is 2. The first kappa shape index (κ1) is 55.4. The van der Waals surface area contributed by atoms with Crippen molar-refractivity contribution < 1.29 is 41.7 Å². The minimum absolute atomic E-state index is 0.0103. The highest BCUT2D eigenvalue weighted by Crippen LogP contribution is 2.35. The number of nitrogens with two attached hydrogens (primary N) is 2. The summed E-state index contributed by atoms with van der Waals surface area (Å²) < 4.78 is 71.9. The van der Waals surface area contributed by atoms with Gasteiger partial charge >= 0.3 is 12.1 Å². The van der Waals surface area contributed by atoms with Gasteiger partial charge in [-0.05, 0) is 42.5 Å². The van der Waals surface area contributed by atoms with Gasteiger partial charge in [-0.25, -0.2) is 42.1 Å². The fourth-order valence-electron chi connectivity index (χ4n) is 9.45. The predicted octanol–water partition coefficient (Wildman–Crippen LogP) is 11.0. The van der Waals surface area contributed by atoms with E-state index in [1.54, 1.807) is 33.7 Å². The molecule has 3 aromatic heterocycles. The van der Waals surface area contributed by atoms with Gasteiger partial charge in [-0.2, -0.15) is 0 Å². The Morgan fingerprint density at radius 1 is 0.833 bits per heavy atom. The number of imidazole rings is 1. The van der Waals surface area contributed by atoms with Crippen LogP contribution in [-0.2, 0) is 22.5 Å². The molecule has 4 heterocycles. The fourth-order valence-corrected chi connectivity index (χ4v) is 9.45. The molecule has 3 atom stereocenters. The average molecular weight is 1000 g/mol. The Bertz CT molecular complexity index is 2470. The summed E-state index contributed by atoms with van der Waals surface area (Å²) in [5.41, 5.74) is 12.8. The summed E-state index contributed by atoms with van der Waals surface area (Å²) in [7, 11) is 0. The first-order valence-electron chi connectivity index (χ1n) is 26.0. The maximum atomic E-state index is 16.1. The fraction of sp³-hybridized carbons (Fsp3) is 0.556. The first-order chi connectivity index (χ1) is 34.9. The zero-order valence-electron chi connectivity index (χ0n) is 41.7. The lowest BCUT2D eigenvalue weighted by Crippen LogP contribution is -2.63. The van der Waals surface area contributed by atoms with Crippen LogP contribution in [0.2, 0.25) is 0 Å². The maximum absolute atomic E-state index is 16.1.